The van der Waals surface area contributed by atoms with Crippen LogP contribution in [0.25, 0.3) is 0 Å². The van der Waals surface area contributed by atoms with Gasteiger partial charge in [0.25, 0.3) is 0 Å². The normalized spacial score (nSPS) is 12.9. The van der Waals surface area contributed by atoms with Crippen molar-refractivity contribution in [3.8, 4) is 0 Å². The van der Waals surface area contributed by atoms with Gasteiger partial charge in [0, 0.05) is 17.8 Å². The molecule has 2 aromatic rings. The lowest BCUT2D eigenvalue weighted by Gasteiger charge is -2.08. The molecule has 2 heterocycles. The molecule has 1 aliphatic rings. The summed E-state index contributed by atoms with van der Waals surface area (Å²) in [4.78, 5) is 25.7. The number of nitrogens with one attached hydrogen (secondary N) is 1. The number of hydrogen-bond donors (Lipinski definition) is 1. The van der Waals surface area contributed by atoms with Crippen LogP contribution in [-0.4, -0.2) is 39.5 Å². The van der Waals surface area contributed by atoms with Crippen molar-refractivity contribution < 1.29 is 14.3 Å². The Morgan fingerprint density at radius 3 is 2.81 bits per heavy atom. The molecule has 0 atom stereocenters. The van der Waals surface area contributed by atoms with Crippen LogP contribution in [0.15, 0.2) is 5.16 Å². The Bertz CT molecular complexity index is 828. The van der Waals surface area contributed by atoms with E-state index in [0.29, 0.717) is 10.6 Å². The van der Waals surface area contributed by atoms with Crippen molar-refractivity contribution in [1.29, 1.82) is 0 Å². The SMILES string of the molecule is CCc1nnc(SCC(=O)Nc2sc3c(c2C(=O)OC)CCC3)n1CC. The standard InChI is InChI=1S/C17H22N4O3S2/c1-4-12-19-20-17(21(12)5-2)25-9-13(22)18-15-14(16(23)24-3)10-7-6-8-11(10)26-15/h4-9H2,1-3H3,(H,18,22). The predicted molar refractivity (Wildman–Crippen MR) is 102 cm³/mol. The van der Waals surface area contributed by atoms with Crippen LogP contribution in [0.5, 0.6) is 0 Å². The maximum atomic E-state index is 12.4. The summed E-state index contributed by atoms with van der Waals surface area (Å²) in [5.74, 6) is 0.581. The molecule has 9 heteroatoms. The summed E-state index contributed by atoms with van der Waals surface area (Å²) in [5, 5.41) is 12.5. The third-order valence-corrected chi connectivity index (χ3v) is 6.50. The van der Waals surface area contributed by atoms with Gasteiger partial charge in [-0.3, -0.25) is 4.79 Å². The number of amides is 1. The molecule has 0 aromatic carbocycles. The quantitative estimate of drug-likeness (QED) is 0.574. The second-order valence-electron chi connectivity index (χ2n) is 5.89. The molecule has 1 amide bonds. The predicted octanol–water partition coefficient (Wildman–Crippen LogP) is 2.93. The Kier molecular flexibility index (Phi) is 5.98. The molecule has 3 rings (SSSR count). The molecule has 0 saturated heterocycles. The first-order valence-corrected chi connectivity index (χ1v) is 10.5. The molecule has 0 radical (unpaired) electrons. The van der Waals surface area contributed by atoms with Crippen LogP contribution in [0.1, 0.15) is 46.9 Å². The van der Waals surface area contributed by atoms with Gasteiger partial charge in [0.05, 0.1) is 18.4 Å². The van der Waals surface area contributed by atoms with Gasteiger partial charge in [-0.05, 0) is 31.7 Å². The number of methoxy groups -OCH3 is 1. The number of thioether (sulfide) groups is 1. The zero-order valence-electron chi connectivity index (χ0n) is 15.1. The first kappa shape index (κ1) is 18.9. The van der Waals surface area contributed by atoms with Crippen molar-refractivity contribution in [3.05, 3.63) is 21.8 Å². The smallest absolute Gasteiger partial charge is 0.341 e. The first-order valence-electron chi connectivity index (χ1n) is 8.66. The summed E-state index contributed by atoms with van der Waals surface area (Å²) in [7, 11) is 1.37. The second kappa shape index (κ2) is 8.22. The van der Waals surface area contributed by atoms with Gasteiger partial charge in [-0.25, -0.2) is 4.79 Å². The third kappa shape index (κ3) is 3.64. The fourth-order valence-corrected chi connectivity index (χ4v) is 5.22. The molecule has 1 aliphatic carbocycles. The number of fused-ring (bicyclic) bond motifs is 1. The number of rotatable bonds is 7. The highest BCUT2D eigenvalue weighted by Gasteiger charge is 2.28. The number of thiophene rings is 1. The molecule has 0 spiro atoms. The Hall–Kier alpha value is -1.87. The minimum Gasteiger partial charge on any atom is -0.465 e. The van der Waals surface area contributed by atoms with E-state index in [2.05, 4.69) is 15.5 Å². The molecule has 26 heavy (non-hydrogen) atoms. The summed E-state index contributed by atoms with van der Waals surface area (Å²) in [6.45, 7) is 4.83. The minimum atomic E-state index is -0.384. The second-order valence-corrected chi connectivity index (χ2v) is 7.93. The molecule has 0 saturated carbocycles. The minimum absolute atomic E-state index is 0.163. The van der Waals surface area contributed by atoms with Crippen LogP contribution >= 0.6 is 23.1 Å². The molecule has 0 unspecified atom stereocenters. The number of aryl methyl sites for hydroxylation is 2. The number of nitrogens with zero attached hydrogens (tertiary/aromatic N) is 3. The van der Waals surface area contributed by atoms with Crippen LogP contribution in [0.4, 0.5) is 5.00 Å². The van der Waals surface area contributed by atoms with Gasteiger partial charge in [0.2, 0.25) is 5.91 Å². The van der Waals surface area contributed by atoms with E-state index in [1.165, 1.54) is 35.1 Å². The van der Waals surface area contributed by atoms with E-state index in [0.717, 1.165) is 48.8 Å². The van der Waals surface area contributed by atoms with Gasteiger partial charge in [0.15, 0.2) is 5.16 Å². The van der Waals surface area contributed by atoms with E-state index in [9.17, 15) is 9.59 Å². The van der Waals surface area contributed by atoms with Crippen molar-refractivity contribution in [3.63, 3.8) is 0 Å². The largest absolute Gasteiger partial charge is 0.465 e. The Balaban J connectivity index is 1.69. The van der Waals surface area contributed by atoms with Gasteiger partial charge in [-0.15, -0.1) is 21.5 Å². The topological polar surface area (TPSA) is 86.1 Å². The molecule has 0 fully saturated rings. The molecular formula is C17H22N4O3S2. The van der Waals surface area contributed by atoms with Gasteiger partial charge in [-0.2, -0.15) is 0 Å². The molecule has 0 aliphatic heterocycles. The molecule has 1 N–H and O–H groups in total. The highest BCUT2D eigenvalue weighted by Crippen LogP contribution is 2.39. The van der Waals surface area contributed by atoms with E-state index < -0.39 is 0 Å². The van der Waals surface area contributed by atoms with E-state index in [4.69, 9.17) is 4.74 Å². The highest BCUT2D eigenvalue weighted by atomic mass is 32.2. The van der Waals surface area contributed by atoms with Crippen molar-refractivity contribution in [1.82, 2.24) is 14.8 Å². The van der Waals surface area contributed by atoms with Gasteiger partial charge in [-0.1, -0.05) is 18.7 Å². The van der Waals surface area contributed by atoms with E-state index in [1.807, 2.05) is 18.4 Å². The zero-order chi connectivity index (χ0) is 18.7. The maximum Gasteiger partial charge on any atom is 0.341 e. The van der Waals surface area contributed by atoms with Gasteiger partial charge >= 0.3 is 5.97 Å². The van der Waals surface area contributed by atoms with Crippen LogP contribution in [-0.2, 0) is 35.3 Å². The number of ether oxygens (including phenoxy) is 1. The first-order chi connectivity index (χ1) is 12.6. The number of hydrogen-bond acceptors (Lipinski definition) is 7. The Labute approximate surface area is 160 Å². The molecule has 0 bridgehead atoms. The molecule has 7 nitrogen and oxygen atoms in total. The van der Waals surface area contributed by atoms with Crippen LogP contribution in [0, 0.1) is 0 Å². The maximum absolute atomic E-state index is 12.4. The van der Waals surface area contributed by atoms with Crippen LogP contribution < -0.4 is 5.32 Å². The van der Waals surface area contributed by atoms with Crippen molar-refractivity contribution in [2.75, 3.05) is 18.2 Å². The highest BCUT2D eigenvalue weighted by molar-refractivity contribution is 7.99. The van der Waals surface area contributed by atoms with Crippen molar-refractivity contribution in [2.24, 2.45) is 0 Å². The number of carbonyl (C=O) groups is 2. The lowest BCUT2D eigenvalue weighted by atomic mass is 10.1. The molecule has 140 valence electrons. The zero-order valence-corrected chi connectivity index (χ0v) is 16.8. The molecule has 2 aromatic heterocycles. The number of esters is 1. The summed E-state index contributed by atoms with van der Waals surface area (Å²) in [6.07, 6.45) is 3.66. The fourth-order valence-electron chi connectivity index (χ4n) is 3.11. The number of carbonyl (C=O) groups excluding carboxylic acids is 2. The fraction of sp³-hybridized carbons (Fsp3) is 0.529. The van der Waals surface area contributed by atoms with E-state index >= 15 is 0 Å². The van der Waals surface area contributed by atoms with Crippen molar-refractivity contribution in [2.45, 2.75) is 51.2 Å². The lowest BCUT2D eigenvalue weighted by Crippen LogP contribution is -2.16. The van der Waals surface area contributed by atoms with Crippen molar-refractivity contribution >= 4 is 40.0 Å². The third-order valence-electron chi connectivity index (χ3n) is 4.32. The monoisotopic (exact) mass is 394 g/mol. The lowest BCUT2D eigenvalue weighted by molar-refractivity contribution is -0.113. The Morgan fingerprint density at radius 1 is 1.31 bits per heavy atom. The Morgan fingerprint density at radius 2 is 2.12 bits per heavy atom. The number of anilines is 1. The van der Waals surface area contributed by atoms with E-state index in [-0.39, 0.29) is 17.6 Å². The van der Waals surface area contributed by atoms with Crippen LogP contribution in [0.3, 0.4) is 0 Å². The summed E-state index contributed by atoms with van der Waals surface area (Å²) < 4.78 is 6.92. The summed E-state index contributed by atoms with van der Waals surface area (Å²) in [5.41, 5.74) is 1.55. The average Bonchev–Trinajstić information content (AvgIpc) is 3.32. The van der Waals surface area contributed by atoms with Gasteiger partial charge in [0.1, 0.15) is 10.8 Å². The van der Waals surface area contributed by atoms with Crippen LogP contribution in [0.2, 0.25) is 0 Å². The van der Waals surface area contributed by atoms with E-state index in [1.54, 1.807) is 0 Å². The number of aromatic nitrogens is 3. The van der Waals surface area contributed by atoms with Gasteiger partial charge < -0.3 is 14.6 Å². The molecular weight excluding hydrogens is 372 g/mol. The summed E-state index contributed by atoms with van der Waals surface area (Å²) >= 11 is 2.83. The summed E-state index contributed by atoms with van der Waals surface area (Å²) in [6, 6.07) is 0. The average molecular weight is 395 g/mol.